The van der Waals surface area contributed by atoms with E-state index >= 15 is 0 Å². The number of hydrogen-bond donors (Lipinski definition) is 2. The molecule has 6 heteroatoms. The Bertz CT molecular complexity index is 283. The number of rotatable bonds is 1. The molecule has 0 saturated heterocycles. The van der Waals surface area contributed by atoms with Gasteiger partial charge in [-0.3, -0.25) is 0 Å². The van der Waals surface area contributed by atoms with Gasteiger partial charge in [0, 0.05) is 6.20 Å². The quantitative estimate of drug-likeness (QED) is 0.733. The summed E-state index contributed by atoms with van der Waals surface area (Å²) in [7, 11) is 0. The van der Waals surface area contributed by atoms with Gasteiger partial charge in [-0.25, -0.2) is 9.78 Å². The van der Waals surface area contributed by atoms with E-state index in [1.54, 1.807) is 0 Å². The third kappa shape index (κ3) is 1.99. The third-order valence-corrected chi connectivity index (χ3v) is 1.46. The summed E-state index contributed by atoms with van der Waals surface area (Å²) < 4.78 is 0. The summed E-state index contributed by atoms with van der Waals surface area (Å²) in [5.74, 6) is -1.23. The van der Waals surface area contributed by atoms with E-state index in [1.165, 1.54) is 12.3 Å². The topological polar surface area (TPSA) is 76.2 Å². The summed E-state index contributed by atoms with van der Waals surface area (Å²) in [5, 5.41) is 8.64. The Morgan fingerprint density at radius 3 is 2.58 bits per heavy atom. The number of nitrogens with zero attached hydrogens (tertiary/aromatic N) is 1. The number of carbonyl (C=O) groups is 1. The van der Waals surface area contributed by atoms with Crippen LogP contribution in [0.15, 0.2) is 12.3 Å². The first-order valence-corrected chi connectivity index (χ1v) is 3.14. The summed E-state index contributed by atoms with van der Waals surface area (Å²) in [4.78, 5) is 14.0. The van der Waals surface area contributed by atoms with Crippen molar-refractivity contribution in [3.63, 3.8) is 0 Å². The van der Waals surface area contributed by atoms with Gasteiger partial charge >= 0.3 is 5.97 Å². The van der Waals surface area contributed by atoms with Crippen molar-refractivity contribution >= 4 is 35.8 Å². The van der Waals surface area contributed by atoms with Gasteiger partial charge in [-0.05, 0) is 6.07 Å². The van der Waals surface area contributed by atoms with Crippen molar-refractivity contribution in [1.29, 1.82) is 0 Å². The lowest BCUT2D eigenvalue weighted by molar-refractivity contribution is 0.0698. The van der Waals surface area contributed by atoms with Crippen molar-refractivity contribution in [3.8, 4) is 0 Å². The lowest BCUT2D eigenvalue weighted by Crippen LogP contribution is -2.04. The van der Waals surface area contributed by atoms with Gasteiger partial charge in [-0.2, -0.15) is 0 Å². The summed E-state index contributed by atoms with van der Waals surface area (Å²) in [6, 6.07) is 1.38. The molecular weight excluding hydrogens is 203 g/mol. The molecule has 1 heterocycles. The molecule has 1 aromatic rings. The fourth-order valence-corrected chi connectivity index (χ4v) is 0.899. The molecule has 12 heavy (non-hydrogen) atoms. The maximum absolute atomic E-state index is 10.4. The van der Waals surface area contributed by atoms with Gasteiger partial charge in [0.1, 0.15) is 11.4 Å². The van der Waals surface area contributed by atoms with Gasteiger partial charge in [0.15, 0.2) is 0 Å². The Kier molecular flexibility index (Phi) is 3.79. The van der Waals surface area contributed by atoms with Crippen LogP contribution >= 0.6 is 24.0 Å². The molecule has 1 aromatic heterocycles. The number of anilines is 1. The van der Waals surface area contributed by atoms with Gasteiger partial charge in [-0.1, -0.05) is 11.6 Å². The first-order chi connectivity index (χ1) is 5.13. The molecule has 0 fully saturated rings. The van der Waals surface area contributed by atoms with Crippen LogP contribution < -0.4 is 5.73 Å². The minimum atomic E-state index is -1.17. The number of carboxylic acids is 1. The Morgan fingerprint density at radius 1 is 1.67 bits per heavy atom. The molecule has 0 radical (unpaired) electrons. The number of carboxylic acid groups (broad SMARTS) is 1. The molecule has 0 aliphatic heterocycles. The van der Waals surface area contributed by atoms with E-state index in [0.29, 0.717) is 0 Å². The number of aromatic carboxylic acids is 1. The van der Waals surface area contributed by atoms with E-state index in [0.717, 1.165) is 0 Å². The zero-order chi connectivity index (χ0) is 8.43. The minimum absolute atomic E-state index is 0. The SMILES string of the molecule is Cl.Nc1nccc(Cl)c1C(=O)O. The second-order valence-electron chi connectivity index (χ2n) is 1.86. The highest BCUT2D eigenvalue weighted by molar-refractivity contribution is 6.34. The van der Waals surface area contributed by atoms with E-state index in [1.807, 2.05) is 0 Å². The first-order valence-electron chi connectivity index (χ1n) is 2.76. The molecule has 0 aromatic carbocycles. The van der Waals surface area contributed by atoms with Crippen molar-refractivity contribution in [2.45, 2.75) is 0 Å². The second kappa shape index (κ2) is 4.13. The van der Waals surface area contributed by atoms with Crippen LogP contribution in [-0.4, -0.2) is 16.1 Å². The van der Waals surface area contributed by atoms with Crippen molar-refractivity contribution in [1.82, 2.24) is 4.98 Å². The minimum Gasteiger partial charge on any atom is -0.478 e. The molecular formula is C6H6Cl2N2O2. The average molecular weight is 209 g/mol. The van der Waals surface area contributed by atoms with Gasteiger partial charge < -0.3 is 10.8 Å². The van der Waals surface area contributed by atoms with Crippen LogP contribution in [0.25, 0.3) is 0 Å². The highest BCUT2D eigenvalue weighted by Gasteiger charge is 2.12. The normalized spacial score (nSPS) is 8.75. The van der Waals surface area contributed by atoms with Crippen LogP contribution in [0, 0.1) is 0 Å². The largest absolute Gasteiger partial charge is 0.478 e. The molecule has 3 N–H and O–H groups in total. The van der Waals surface area contributed by atoms with E-state index in [-0.39, 0.29) is 28.8 Å². The van der Waals surface area contributed by atoms with Crippen LogP contribution in [0.1, 0.15) is 10.4 Å². The summed E-state index contributed by atoms with van der Waals surface area (Å²) in [5.41, 5.74) is 5.10. The zero-order valence-corrected chi connectivity index (χ0v) is 7.39. The monoisotopic (exact) mass is 208 g/mol. The maximum Gasteiger partial charge on any atom is 0.340 e. The van der Waals surface area contributed by atoms with E-state index in [4.69, 9.17) is 22.4 Å². The Balaban J connectivity index is 0.00000121. The summed E-state index contributed by atoms with van der Waals surface area (Å²) in [6.45, 7) is 0. The Labute approximate surface area is 79.8 Å². The van der Waals surface area contributed by atoms with Crippen LogP contribution in [0.5, 0.6) is 0 Å². The van der Waals surface area contributed by atoms with Crippen molar-refractivity contribution in [2.24, 2.45) is 0 Å². The number of nitrogens with two attached hydrogens (primary N) is 1. The standard InChI is InChI=1S/C6H5ClN2O2.ClH/c7-3-1-2-9-5(8)4(3)6(10)11;/h1-2H,(H2,8,9)(H,10,11);1H. The predicted octanol–water partition coefficient (Wildman–Crippen LogP) is 1.44. The molecule has 0 spiro atoms. The number of nitrogen functional groups attached to an aromatic ring is 1. The van der Waals surface area contributed by atoms with Crippen LogP contribution in [-0.2, 0) is 0 Å². The van der Waals surface area contributed by atoms with Crippen LogP contribution in [0.4, 0.5) is 5.82 Å². The number of pyridine rings is 1. The molecule has 66 valence electrons. The van der Waals surface area contributed by atoms with E-state index in [2.05, 4.69) is 4.98 Å². The van der Waals surface area contributed by atoms with Crippen molar-refractivity contribution < 1.29 is 9.90 Å². The molecule has 0 unspecified atom stereocenters. The van der Waals surface area contributed by atoms with E-state index < -0.39 is 5.97 Å². The summed E-state index contributed by atoms with van der Waals surface area (Å²) >= 11 is 5.52. The maximum atomic E-state index is 10.4. The molecule has 0 bridgehead atoms. The predicted molar refractivity (Wildman–Crippen MR) is 47.9 cm³/mol. The van der Waals surface area contributed by atoms with Crippen molar-refractivity contribution in [2.75, 3.05) is 5.73 Å². The second-order valence-corrected chi connectivity index (χ2v) is 2.27. The van der Waals surface area contributed by atoms with Gasteiger partial charge in [0.2, 0.25) is 0 Å². The van der Waals surface area contributed by atoms with Gasteiger partial charge in [-0.15, -0.1) is 12.4 Å². The molecule has 0 atom stereocenters. The fraction of sp³-hybridized carbons (Fsp3) is 0. The third-order valence-electron chi connectivity index (χ3n) is 1.14. The molecule has 1 rings (SSSR count). The Hall–Kier alpha value is -1.00. The number of aromatic nitrogens is 1. The molecule has 4 nitrogen and oxygen atoms in total. The van der Waals surface area contributed by atoms with Gasteiger partial charge in [0.05, 0.1) is 5.02 Å². The highest BCUT2D eigenvalue weighted by atomic mass is 35.5. The van der Waals surface area contributed by atoms with Crippen LogP contribution in [0.3, 0.4) is 0 Å². The lowest BCUT2D eigenvalue weighted by Gasteiger charge is -1.99. The van der Waals surface area contributed by atoms with Gasteiger partial charge in [0.25, 0.3) is 0 Å². The molecule has 0 amide bonds. The molecule has 0 aliphatic rings. The number of hydrogen-bond acceptors (Lipinski definition) is 3. The zero-order valence-electron chi connectivity index (χ0n) is 5.82. The smallest absolute Gasteiger partial charge is 0.340 e. The van der Waals surface area contributed by atoms with Crippen LogP contribution in [0.2, 0.25) is 5.02 Å². The molecule has 0 saturated carbocycles. The Morgan fingerprint density at radius 2 is 2.25 bits per heavy atom. The lowest BCUT2D eigenvalue weighted by atomic mass is 10.2. The average Bonchev–Trinajstić information content (AvgIpc) is 1.85. The summed E-state index contributed by atoms with van der Waals surface area (Å²) in [6.07, 6.45) is 1.35. The number of halogens is 2. The molecule has 0 aliphatic carbocycles. The van der Waals surface area contributed by atoms with E-state index in [9.17, 15) is 4.79 Å². The van der Waals surface area contributed by atoms with Crippen molar-refractivity contribution in [3.05, 3.63) is 22.8 Å². The fourth-order valence-electron chi connectivity index (χ4n) is 0.665. The highest BCUT2D eigenvalue weighted by Crippen LogP contribution is 2.18. The first kappa shape index (κ1) is 11.0.